The first kappa shape index (κ1) is 14.7. The van der Waals surface area contributed by atoms with Gasteiger partial charge < -0.3 is 9.74 Å². The zero-order valence-corrected chi connectivity index (χ0v) is 12.6. The molecule has 0 aliphatic carbocycles. The van der Waals surface area contributed by atoms with Crippen molar-refractivity contribution in [2.24, 2.45) is 11.1 Å². The van der Waals surface area contributed by atoms with Gasteiger partial charge in [0.15, 0.2) is 0 Å². The summed E-state index contributed by atoms with van der Waals surface area (Å²) in [4.78, 5) is 19.4. The predicted octanol–water partition coefficient (Wildman–Crippen LogP) is 2.87. The van der Waals surface area contributed by atoms with Crippen LogP contribution >= 0.6 is 0 Å². The van der Waals surface area contributed by atoms with Gasteiger partial charge in [0.05, 0.1) is 11.3 Å². The molecule has 0 radical (unpaired) electrons. The van der Waals surface area contributed by atoms with Crippen LogP contribution in [0.4, 0.5) is 0 Å². The maximum Gasteiger partial charge on any atom is 0.365 e. The molecule has 2 atom stereocenters. The molecule has 0 amide bonds. The molecule has 2 rings (SSSR count). The number of oxime groups is 1. The molecule has 1 aromatic rings. The molecular weight excluding hydrogens is 252 g/mol. The van der Waals surface area contributed by atoms with E-state index in [1.54, 1.807) is 6.07 Å². The molecule has 0 unspecified atom stereocenters. The van der Waals surface area contributed by atoms with Crippen LogP contribution in [0.25, 0.3) is 0 Å². The van der Waals surface area contributed by atoms with Gasteiger partial charge in [0.25, 0.3) is 0 Å². The van der Waals surface area contributed by atoms with Crippen molar-refractivity contribution < 1.29 is 9.63 Å². The Morgan fingerprint density at radius 2 is 2.15 bits per heavy atom. The molecule has 0 spiro atoms. The Labute approximate surface area is 120 Å². The van der Waals surface area contributed by atoms with Crippen molar-refractivity contribution >= 4 is 11.7 Å². The summed E-state index contributed by atoms with van der Waals surface area (Å²) in [5.41, 5.74) is 2.55. The first-order chi connectivity index (χ1) is 9.47. The van der Waals surface area contributed by atoms with Gasteiger partial charge in [-0.3, -0.25) is 0 Å². The average Bonchev–Trinajstić information content (AvgIpc) is 2.41. The Morgan fingerprint density at radius 3 is 2.85 bits per heavy atom. The second-order valence-corrected chi connectivity index (χ2v) is 5.72. The minimum atomic E-state index is -0.389. The van der Waals surface area contributed by atoms with Gasteiger partial charge in [-0.15, -0.1) is 0 Å². The fourth-order valence-electron chi connectivity index (χ4n) is 2.43. The lowest BCUT2D eigenvalue weighted by Crippen LogP contribution is -2.43. The Kier molecular flexibility index (Phi) is 4.55. The van der Waals surface area contributed by atoms with Crippen LogP contribution in [-0.2, 0) is 4.84 Å². The third-order valence-corrected chi connectivity index (χ3v) is 3.89. The van der Waals surface area contributed by atoms with Crippen LogP contribution in [0.5, 0.6) is 0 Å². The van der Waals surface area contributed by atoms with Gasteiger partial charge in [0.2, 0.25) is 0 Å². The van der Waals surface area contributed by atoms with Crippen LogP contribution in [-0.4, -0.2) is 36.2 Å². The lowest BCUT2D eigenvalue weighted by molar-refractivity contribution is 0.0508. The normalized spacial score (nSPS) is 25.7. The van der Waals surface area contributed by atoms with Crippen molar-refractivity contribution in [2.75, 3.05) is 13.6 Å². The van der Waals surface area contributed by atoms with E-state index in [4.69, 9.17) is 4.84 Å². The number of piperidine rings is 1. The minimum Gasteiger partial charge on any atom is -0.313 e. The molecule has 1 aliphatic heterocycles. The molecule has 1 aromatic carbocycles. The van der Waals surface area contributed by atoms with Crippen molar-refractivity contribution in [2.45, 2.75) is 33.2 Å². The van der Waals surface area contributed by atoms with Crippen LogP contribution in [0.1, 0.15) is 36.2 Å². The van der Waals surface area contributed by atoms with Crippen LogP contribution in [0.2, 0.25) is 0 Å². The molecule has 1 fully saturated rings. The molecule has 0 aromatic heterocycles. The molecule has 1 heterocycles. The van der Waals surface area contributed by atoms with Crippen LogP contribution < -0.4 is 0 Å². The molecule has 1 saturated heterocycles. The minimum absolute atomic E-state index is 0.321. The number of aryl methyl sites for hydroxylation is 1. The number of hydrogen-bond donors (Lipinski definition) is 0. The SMILES string of the molecule is Cc1cccc(C(=O)O/N=C2\C[C@H](C)N(C)C[C@@H]2C)c1. The third-order valence-electron chi connectivity index (χ3n) is 3.89. The summed E-state index contributed by atoms with van der Waals surface area (Å²) < 4.78 is 0. The molecule has 0 bridgehead atoms. The van der Waals surface area contributed by atoms with Gasteiger partial charge in [0.1, 0.15) is 0 Å². The third kappa shape index (κ3) is 3.45. The monoisotopic (exact) mass is 274 g/mol. The largest absolute Gasteiger partial charge is 0.365 e. The number of hydrogen-bond acceptors (Lipinski definition) is 4. The summed E-state index contributed by atoms with van der Waals surface area (Å²) >= 11 is 0. The standard InChI is InChI=1S/C16H22N2O2/c1-11-6-5-7-14(8-11)16(19)20-17-15-9-13(3)18(4)10-12(15)2/h5-8,12-13H,9-10H2,1-4H3/b17-15+/t12-,13-/m0/s1. The van der Waals surface area contributed by atoms with Crippen molar-refractivity contribution in [1.29, 1.82) is 0 Å². The van der Waals surface area contributed by atoms with E-state index in [2.05, 4.69) is 31.0 Å². The zero-order valence-electron chi connectivity index (χ0n) is 12.6. The number of likely N-dealkylation sites (tertiary alicyclic amines) is 1. The number of benzene rings is 1. The quantitative estimate of drug-likeness (QED) is 0.615. The Morgan fingerprint density at radius 1 is 1.40 bits per heavy atom. The van der Waals surface area contributed by atoms with Gasteiger partial charge >= 0.3 is 5.97 Å². The molecule has 1 aliphatic rings. The van der Waals surface area contributed by atoms with E-state index in [1.807, 2.05) is 25.1 Å². The molecule has 0 saturated carbocycles. The van der Waals surface area contributed by atoms with Gasteiger partial charge in [-0.05, 0) is 33.0 Å². The van der Waals surface area contributed by atoms with Crippen molar-refractivity contribution in [3.8, 4) is 0 Å². The highest BCUT2D eigenvalue weighted by molar-refractivity contribution is 5.92. The van der Waals surface area contributed by atoms with Crippen molar-refractivity contribution in [1.82, 2.24) is 4.90 Å². The second kappa shape index (κ2) is 6.18. The van der Waals surface area contributed by atoms with E-state index in [1.165, 1.54) is 0 Å². The summed E-state index contributed by atoms with van der Waals surface area (Å²) in [6.45, 7) is 7.16. The summed E-state index contributed by atoms with van der Waals surface area (Å²) in [5, 5.41) is 4.10. The molecule has 20 heavy (non-hydrogen) atoms. The van der Waals surface area contributed by atoms with E-state index in [0.717, 1.165) is 24.2 Å². The fraction of sp³-hybridized carbons (Fsp3) is 0.500. The Bertz CT molecular complexity index is 525. The van der Waals surface area contributed by atoms with Gasteiger partial charge in [-0.25, -0.2) is 4.79 Å². The van der Waals surface area contributed by atoms with Gasteiger partial charge in [-0.2, -0.15) is 0 Å². The van der Waals surface area contributed by atoms with E-state index in [-0.39, 0.29) is 5.97 Å². The maximum atomic E-state index is 12.0. The molecule has 0 N–H and O–H groups in total. The number of rotatable bonds is 2. The van der Waals surface area contributed by atoms with Crippen molar-refractivity contribution in [3.63, 3.8) is 0 Å². The molecule has 4 nitrogen and oxygen atoms in total. The maximum absolute atomic E-state index is 12.0. The highest BCUT2D eigenvalue weighted by atomic mass is 16.7. The fourth-order valence-corrected chi connectivity index (χ4v) is 2.43. The lowest BCUT2D eigenvalue weighted by atomic mass is 9.93. The predicted molar refractivity (Wildman–Crippen MR) is 79.9 cm³/mol. The van der Waals surface area contributed by atoms with Crippen LogP contribution in [0.3, 0.4) is 0 Å². The van der Waals surface area contributed by atoms with E-state index >= 15 is 0 Å². The smallest absolute Gasteiger partial charge is 0.313 e. The van der Waals surface area contributed by atoms with E-state index < -0.39 is 0 Å². The first-order valence-electron chi connectivity index (χ1n) is 7.02. The number of carbonyl (C=O) groups is 1. The number of nitrogens with zero attached hydrogens (tertiary/aromatic N) is 2. The summed E-state index contributed by atoms with van der Waals surface area (Å²) in [5.74, 6) is -0.0681. The molecule has 108 valence electrons. The van der Waals surface area contributed by atoms with E-state index in [0.29, 0.717) is 17.5 Å². The summed E-state index contributed by atoms with van der Waals surface area (Å²) in [6.07, 6.45) is 0.846. The summed E-state index contributed by atoms with van der Waals surface area (Å²) in [6, 6.07) is 7.78. The molecule has 4 heteroatoms. The highest BCUT2D eigenvalue weighted by Gasteiger charge is 2.26. The molecular formula is C16H22N2O2. The zero-order chi connectivity index (χ0) is 14.7. The summed E-state index contributed by atoms with van der Waals surface area (Å²) in [7, 11) is 2.11. The first-order valence-corrected chi connectivity index (χ1v) is 7.02. The Hall–Kier alpha value is -1.68. The topological polar surface area (TPSA) is 41.9 Å². The van der Waals surface area contributed by atoms with Gasteiger partial charge in [-0.1, -0.05) is 29.8 Å². The highest BCUT2D eigenvalue weighted by Crippen LogP contribution is 2.18. The Balaban J connectivity index is 2.03. The average molecular weight is 274 g/mol. The number of carbonyl (C=O) groups excluding carboxylic acids is 1. The van der Waals surface area contributed by atoms with Gasteiger partial charge in [0, 0.05) is 24.9 Å². The van der Waals surface area contributed by atoms with Crippen molar-refractivity contribution in [3.05, 3.63) is 35.4 Å². The lowest BCUT2D eigenvalue weighted by Gasteiger charge is -2.34. The van der Waals surface area contributed by atoms with Crippen LogP contribution in [0, 0.1) is 12.8 Å². The van der Waals surface area contributed by atoms with Crippen LogP contribution in [0.15, 0.2) is 29.4 Å². The van der Waals surface area contributed by atoms with E-state index in [9.17, 15) is 4.79 Å². The second-order valence-electron chi connectivity index (χ2n) is 5.72.